The fraction of sp³-hybridized carbons (Fsp3) is 0.0714. The van der Waals surface area contributed by atoms with Crippen LogP contribution in [0.2, 0.25) is 0 Å². The van der Waals surface area contributed by atoms with Crippen LogP contribution < -0.4 is 9.62 Å². The lowest BCUT2D eigenvalue weighted by molar-refractivity contribution is 0.102. The molecule has 1 N–H and O–H groups in total. The van der Waals surface area contributed by atoms with Gasteiger partial charge in [-0.15, -0.1) is 11.3 Å². The van der Waals surface area contributed by atoms with Crippen molar-refractivity contribution in [3.05, 3.63) is 108 Å². The van der Waals surface area contributed by atoms with Gasteiger partial charge in [-0.05, 0) is 60.2 Å². The number of carbonyl (C=O) groups excluding carboxylic acids is 1. The molecule has 0 bridgehead atoms. The Hall–Kier alpha value is -4.01. The summed E-state index contributed by atoms with van der Waals surface area (Å²) in [6.07, 6.45) is 0. The number of anilines is 2. The molecule has 180 valence electrons. The van der Waals surface area contributed by atoms with E-state index in [1.165, 1.54) is 39.9 Å². The summed E-state index contributed by atoms with van der Waals surface area (Å²) in [5.41, 5.74) is 2.69. The topological polar surface area (TPSA) is 79.4 Å². The number of para-hydroxylation sites is 1. The molecule has 0 saturated heterocycles. The summed E-state index contributed by atoms with van der Waals surface area (Å²) < 4.78 is 27.7. The Balaban J connectivity index is 1.31. The number of rotatable bonds is 7. The van der Waals surface area contributed by atoms with Crippen LogP contribution in [-0.4, -0.2) is 25.9 Å². The molecule has 5 aromatic rings. The molecule has 0 atom stereocenters. The Kier molecular flexibility index (Phi) is 6.54. The Morgan fingerprint density at radius 2 is 1.58 bits per heavy atom. The van der Waals surface area contributed by atoms with Crippen LogP contribution in [0.4, 0.5) is 10.8 Å². The largest absolute Gasteiger partial charge is 0.298 e. The second kappa shape index (κ2) is 9.93. The highest BCUT2D eigenvalue weighted by molar-refractivity contribution is 7.92. The SMILES string of the molecule is CCN(c1ccccc1)S(=O)(=O)c1ccc(C(=O)Nc2nc(-c3ccc4ccccc4c3)cs2)cc1. The summed E-state index contributed by atoms with van der Waals surface area (Å²) in [4.78, 5) is 17.5. The van der Waals surface area contributed by atoms with E-state index in [9.17, 15) is 13.2 Å². The number of aromatic nitrogens is 1. The molecule has 1 heterocycles. The highest BCUT2D eigenvalue weighted by atomic mass is 32.2. The van der Waals surface area contributed by atoms with Gasteiger partial charge < -0.3 is 0 Å². The number of benzene rings is 4. The number of carbonyl (C=O) groups is 1. The molecule has 0 fully saturated rings. The van der Waals surface area contributed by atoms with Crippen LogP contribution in [0.25, 0.3) is 22.0 Å². The molecule has 0 spiro atoms. The molecule has 6 nitrogen and oxygen atoms in total. The highest BCUT2D eigenvalue weighted by Gasteiger charge is 2.23. The molecule has 1 aromatic heterocycles. The number of fused-ring (bicyclic) bond motifs is 1. The maximum absolute atomic E-state index is 13.2. The van der Waals surface area contributed by atoms with Gasteiger partial charge in [-0.1, -0.05) is 54.6 Å². The lowest BCUT2D eigenvalue weighted by atomic mass is 10.1. The van der Waals surface area contributed by atoms with Gasteiger partial charge >= 0.3 is 0 Å². The molecular formula is C28H23N3O3S2. The zero-order valence-corrected chi connectivity index (χ0v) is 21.1. The summed E-state index contributed by atoms with van der Waals surface area (Å²) in [7, 11) is -3.76. The minimum atomic E-state index is -3.76. The number of sulfonamides is 1. The predicted octanol–water partition coefficient (Wildman–Crippen LogP) is 6.43. The van der Waals surface area contributed by atoms with Crippen LogP contribution in [0.1, 0.15) is 17.3 Å². The van der Waals surface area contributed by atoms with Crippen molar-refractivity contribution < 1.29 is 13.2 Å². The van der Waals surface area contributed by atoms with E-state index >= 15 is 0 Å². The van der Waals surface area contributed by atoms with Crippen molar-refractivity contribution in [1.29, 1.82) is 0 Å². The first-order valence-corrected chi connectivity index (χ1v) is 13.7. The van der Waals surface area contributed by atoms with Crippen LogP contribution in [-0.2, 0) is 10.0 Å². The zero-order chi connectivity index (χ0) is 25.1. The van der Waals surface area contributed by atoms with Gasteiger partial charge in [0.15, 0.2) is 5.13 Å². The average Bonchev–Trinajstić information content (AvgIpc) is 3.38. The quantitative estimate of drug-likeness (QED) is 0.272. The standard InChI is InChI=1S/C28H23N3O3S2/c1-2-31(24-10-4-3-5-11-24)36(33,34)25-16-14-21(15-17-25)27(32)30-28-29-26(19-35-28)23-13-12-20-8-6-7-9-22(20)18-23/h3-19H,2H2,1H3,(H,29,30,32). The molecule has 5 rings (SSSR count). The molecule has 36 heavy (non-hydrogen) atoms. The lowest BCUT2D eigenvalue weighted by Crippen LogP contribution is -2.30. The molecule has 1 amide bonds. The maximum atomic E-state index is 13.2. The summed E-state index contributed by atoms with van der Waals surface area (Å²) in [5.74, 6) is -0.353. The second-order valence-corrected chi connectivity index (χ2v) is 10.8. The minimum Gasteiger partial charge on any atom is -0.298 e. The third-order valence-corrected chi connectivity index (χ3v) is 8.48. The van der Waals surface area contributed by atoms with Crippen molar-refractivity contribution in [1.82, 2.24) is 4.98 Å². The molecule has 8 heteroatoms. The van der Waals surface area contributed by atoms with Gasteiger partial charge in [0.05, 0.1) is 16.3 Å². The summed E-state index contributed by atoms with van der Waals surface area (Å²) >= 11 is 1.34. The lowest BCUT2D eigenvalue weighted by Gasteiger charge is -2.22. The van der Waals surface area contributed by atoms with Gasteiger partial charge in [0.25, 0.3) is 15.9 Å². The summed E-state index contributed by atoms with van der Waals surface area (Å²) in [6, 6.07) is 29.1. The van der Waals surface area contributed by atoms with Crippen molar-refractivity contribution in [3.63, 3.8) is 0 Å². The van der Waals surface area contributed by atoms with Gasteiger partial charge in [-0.3, -0.25) is 14.4 Å². The van der Waals surface area contributed by atoms with Gasteiger partial charge in [0, 0.05) is 23.1 Å². The second-order valence-electron chi connectivity index (χ2n) is 8.08. The third kappa shape index (κ3) is 4.73. The van der Waals surface area contributed by atoms with Crippen LogP contribution in [0, 0.1) is 0 Å². The smallest absolute Gasteiger partial charge is 0.264 e. The average molecular weight is 514 g/mol. The van der Waals surface area contributed by atoms with Crippen LogP contribution in [0.3, 0.4) is 0 Å². The predicted molar refractivity (Wildman–Crippen MR) is 146 cm³/mol. The van der Waals surface area contributed by atoms with Crippen molar-refractivity contribution in [2.24, 2.45) is 0 Å². The van der Waals surface area contributed by atoms with E-state index in [1.807, 2.05) is 29.6 Å². The van der Waals surface area contributed by atoms with Gasteiger partial charge in [-0.25, -0.2) is 13.4 Å². The fourth-order valence-corrected chi connectivity index (χ4v) is 6.16. The maximum Gasteiger partial charge on any atom is 0.264 e. The minimum absolute atomic E-state index is 0.123. The highest BCUT2D eigenvalue weighted by Crippen LogP contribution is 2.28. The van der Waals surface area contributed by atoms with Crippen LogP contribution >= 0.6 is 11.3 Å². The van der Waals surface area contributed by atoms with E-state index in [-0.39, 0.29) is 17.3 Å². The van der Waals surface area contributed by atoms with Crippen LogP contribution in [0.15, 0.2) is 107 Å². The van der Waals surface area contributed by atoms with Crippen LogP contribution in [0.5, 0.6) is 0 Å². The molecule has 0 unspecified atom stereocenters. The van der Waals surface area contributed by atoms with E-state index in [0.29, 0.717) is 16.4 Å². The van der Waals surface area contributed by atoms with Crippen molar-refractivity contribution in [2.45, 2.75) is 11.8 Å². The Bertz CT molecular complexity index is 1630. The zero-order valence-electron chi connectivity index (χ0n) is 19.5. The number of hydrogen-bond acceptors (Lipinski definition) is 5. The first-order valence-electron chi connectivity index (χ1n) is 11.4. The molecule has 0 aliphatic carbocycles. The molecule has 0 aliphatic rings. The normalized spacial score (nSPS) is 11.4. The van der Waals surface area contributed by atoms with Gasteiger partial charge in [-0.2, -0.15) is 0 Å². The third-order valence-electron chi connectivity index (χ3n) is 5.81. The first-order chi connectivity index (χ1) is 17.5. The monoisotopic (exact) mass is 513 g/mol. The Morgan fingerprint density at radius 3 is 2.31 bits per heavy atom. The Labute approximate surface area is 213 Å². The number of amides is 1. The van der Waals surface area contributed by atoms with Crippen molar-refractivity contribution in [2.75, 3.05) is 16.2 Å². The van der Waals surface area contributed by atoms with E-state index < -0.39 is 10.0 Å². The fourth-order valence-electron chi connectivity index (χ4n) is 3.97. The van der Waals surface area contributed by atoms with Crippen molar-refractivity contribution >= 4 is 48.9 Å². The van der Waals surface area contributed by atoms with Gasteiger partial charge in [0.2, 0.25) is 0 Å². The first kappa shape index (κ1) is 23.7. The summed E-state index contributed by atoms with van der Waals surface area (Å²) in [5, 5.41) is 7.46. The molecule has 0 aliphatic heterocycles. The molecule has 4 aromatic carbocycles. The number of hydrogen-bond donors (Lipinski definition) is 1. The molecule has 0 radical (unpaired) electrons. The molecule has 0 saturated carbocycles. The van der Waals surface area contributed by atoms with E-state index in [4.69, 9.17) is 0 Å². The van der Waals surface area contributed by atoms with E-state index in [1.54, 1.807) is 31.2 Å². The molecular weight excluding hydrogens is 490 g/mol. The number of thiazole rings is 1. The van der Waals surface area contributed by atoms with E-state index in [2.05, 4.69) is 34.6 Å². The number of nitrogens with zero attached hydrogens (tertiary/aromatic N) is 2. The Morgan fingerprint density at radius 1 is 0.889 bits per heavy atom. The summed E-state index contributed by atoms with van der Waals surface area (Å²) in [6.45, 7) is 2.07. The van der Waals surface area contributed by atoms with E-state index in [0.717, 1.165) is 22.0 Å². The van der Waals surface area contributed by atoms with Gasteiger partial charge in [0.1, 0.15) is 0 Å². The number of nitrogens with one attached hydrogen (secondary N) is 1. The van der Waals surface area contributed by atoms with Crippen molar-refractivity contribution in [3.8, 4) is 11.3 Å².